The van der Waals surface area contributed by atoms with Crippen molar-refractivity contribution >= 4 is 25.2 Å². The summed E-state index contributed by atoms with van der Waals surface area (Å²) in [4.78, 5) is 20.9. The lowest BCUT2D eigenvalue weighted by Gasteiger charge is -2.11. The van der Waals surface area contributed by atoms with Crippen LogP contribution in [0.2, 0.25) is 0 Å². The second-order valence-electron chi connectivity index (χ2n) is 4.85. The van der Waals surface area contributed by atoms with Crippen LogP contribution < -0.4 is 5.73 Å². The molecule has 2 aromatic heterocycles. The number of anilines is 1. The Hall–Kier alpha value is -1.92. The fraction of sp³-hybridized carbons (Fsp3) is 0.364. The van der Waals surface area contributed by atoms with Gasteiger partial charge in [-0.2, -0.15) is 0 Å². The summed E-state index contributed by atoms with van der Waals surface area (Å²) >= 11 is 0. The molecule has 0 spiro atoms. The van der Waals surface area contributed by atoms with Crippen molar-refractivity contribution < 1.29 is 14.0 Å². The minimum absolute atomic E-state index is 0.0648. The Bertz CT molecular complexity index is 694. The number of aromatic nitrogens is 4. The molecule has 8 nitrogen and oxygen atoms in total. The van der Waals surface area contributed by atoms with Crippen LogP contribution in [-0.2, 0) is 15.6 Å². The molecule has 2 heterocycles. The van der Waals surface area contributed by atoms with Gasteiger partial charge >= 0.3 is 8.25 Å². The summed E-state index contributed by atoms with van der Waals surface area (Å²) in [7, 11) is -2.92. The molecule has 9 heteroatoms. The van der Waals surface area contributed by atoms with Gasteiger partial charge < -0.3 is 19.7 Å². The molecule has 0 bridgehead atoms. The van der Waals surface area contributed by atoms with Crippen molar-refractivity contribution in [3.05, 3.63) is 25.0 Å². The molecule has 1 unspecified atom stereocenters. The molecular weight excluding hydrogens is 281 g/mol. The first kappa shape index (κ1) is 13.1. The van der Waals surface area contributed by atoms with Gasteiger partial charge in [-0.15, -0.1) is 0 Å². The van der Waals surface area contributed by atoms with Gasteiger partial charge in [0.05, 0.1) is 12.6 Å². The van der Waals surface area contributed by atoms with Crippen LogP contribution in [-0.4, -0.2) is 24.4 Å². The number of allylic oxidation sites excluding steroid dienone is 1. The molecule has 2 aromatic rings. The summed E-state index contributed by atoms with van der Waals surface area (Å²) in [5, 5.41) is 0. The largest absolute Gasteiger partial charge is 0.435 e. The van der Waals surface area contributed by atoms with Crippen LogP contribution in [0.4, 0.5) is 5.82 Å². The summed E-state index contributed by atoms with van der Waals surface area (Å²) in [5.41, 5.74) is 6.95. The maximum absolute atomic E-state index is 10.5. The van der Waals surface area contributed by atoms with E-state index in [0.717, 1.165) is 12.8 Å². The van der Waals surface area contributed by atoms with Crippen LogP contribution in [0.15, 0.2) is 25.0 Å². The lowest BCUT2D eigenvalue weighted by atomic mass is 10.1. The molecule has 1 atom stereocenters. The van der Waals surface area contributed by atoms with Crippen molar-refractivity contribution in [1.82, 2.24) is 19.5 Å². The summed E-state index contributed by atoms with van der Waals surface area (Å²) in [6.45, 7) is 0.673. The topological polar surface area (TPSA) is 116 Å². The zero-order valence-corrected chi connectivity index (χ0v) is 11.6. The van der Waals surface area contributed by atoms with E-state index in [1.165, 1.54) is 12.6 Å². The van der Waals surface area contributed by atoms with E-state index in [9.17, 15) is 4.57 Å². The third kappa shape index (κ3) is 2.52. The van der Waals surface area contributed by atoms with Gasteiger partial charge in [0.25, 0.3) is 0 Å². The van der Waals surface area contributed by atoms with E-state index in [0.29, 0.717) is 23.5 Å². The normalized spacial score (nSPS) is 18.4. The predicted octanol–water partition coefficient (Wildman–Crippen LogP) is 1.10. The van der Waals surface area contributed by atoms with Gasteiger partial charge in [0.15, 0.2) is 11.5 Å². The van der Waals surface area contributed by atoms with Crippen LogP contribution in [0.25, 0.3) is 11.2 Å². The van der Waals surface area contributed by atoms with E-state index in [1.807, 2.05) is 10.6 Å². The highest BCUT2D eigenvalue weighted by Crippen LogP contribution is 2.49. The van der Waals surface area contributed by atoms with Gasteiger partial charge in [-0.25, -0.2) is 19.5 Å². The molecule has 0 amide bonds. The average molecular weight is 295 g/mol. The molecule has 3 rings (SSSR count). The third-order valence-electron chi connectivity index (χ3n) is 3.40. The van der Waals surface area contributed by atoms with E-state index in [4.69, 9.17) is 10.6 Å². The third-order valence-corrected chi connectivity index (χ3v) is 3.74. The van der Waals surface area contributed by atoms with Gasteiger partial charge in [0.1, 0.15) is 11.8 Å². The Kier molecular flexibility index (Phi) is 3.19. The number of fused-ring (bicyclic) bond motifs is 1. The number of nitrogens with two attached hydrogens (primary N) is 1. The van der Waals surface area contributed by atoms with Crippen LogP contribution >= 0.6 is 8.25 Å². The smallest absolute Gasteiger partial charge is 0.364 e. The standard InChI is InChI=1S/C11H14N5O3P/c12-9-8-10(14-6-13-9)16(7-15-8)5-11(1-2-11)3-4-19-20(17)18/h3-4,6-7,20H,1-2,5H2,(H,17,18)(H2,12,13,14). The Balaban J connectivity index is 1.81. The van der Waals surface area contributed by atoms with Crippen molar-refractivity contribution in [3.63, 3.8) is 0 Å². The fourth-order valence-corrected chi connectivity index (χ4v) is 2.31. The Labute approximate surface area is 115 Å². The zero-order valence-electron chi connectivity index (χ0n) is 10.6. The van der Waals surface area contributed by atoms with Gasteiger partial charge in [-0.1, -0.05) is 0 Å². The molecule has 3 N–H and O–H groups in total. The molecule has 1 aliphatic carbocycles. The van der Waals surface area contributed by atoms with Crippen LogP contribution in [0.3, 0.4) is 0 Å². The van der Waals surface area contributed by atoms with Gasteiger partial charge in [-0.3, -0.25) is 0 Å². The number of nitrogen functional groups attached to an aromatic ring is 1. The van der Waals surface area contributed by atoms with Crippen molar-refractivity contribution in [2.45, 2.75) is 19.4 Å². The highest BCUT2D eigenvalue weighted by Gasteiger charge is 2.41. The van der Waals surface area contributed by atoms with E-state index in [-0.39, 0.29) is 5.41 Å². The van der Waals surface area contributed by atoms with Crippen LogP contribution in [0, 0.1) is 5.41 Å². The highest BCUT2D eigenvalue weighted by atomic mass is 31.1. The van der Waals surface area contributed by atoms with E-state index in [2.05, 4.69) is 19.5 Å². The molecule has 1 fully saturated rings. The molecule has 106 valence electrons. The second-order valence-corrected chi connectivity index (χ2v) is 5.62. The first-order valence-electron chi connectivity index (χ1n) is 6.08. The van der Waals surface area contributed by atoms with Crippen molar-refractivity contribution in [2.24, 2.45) is 5.41 Å². The molecule has 0 saturated heterocycles. The minimum atomic E-state index is -2.92. The average Bonchev–Trinajstić information content (AvgIpc) is 3.03. The van der Waals surface area contributed by atoms with Gasteiger partial charge in [-0.05, 0) is 18.9 Å². The quantitative estimate of drug-likeness (QED) is 0.626. The lowest BCUT2D eigenvalue weighted by Crippen LogP contribution is -2.09. The first-order valence-corrected chi connectivity index (χ1v) is 7.35. The maximum atomic E-state index is 10.5. The minimum Gasteiger partial charge on any atom is -0.435 e. The fourth-order valence-electron chi connectivity index (χ4n) is 2.13. The molecule has 20 heavy (non-hydrogen) atoms. The molecule has 1 saturated carbocycles. The number of nitrogens with zero attached hydrogens (tertiary/aromatic N) is 4. The number of imidazole rings is 1. The monoisotopic (exact) mass is 295 g/mol. The molecular formula is C11H14N5O3P. The number of hydrogen-bond acceptors (Lipinski definition) is 6. The molecule has 0 aromatic carbocycles. The van der Waals surface area contributed by atoms with Crippen molar-refractivity contribution in [1.29, 1.82) is 0 Å². The second kappa shape index (κ2) is 4.88. The Morgan fingerprint density at radius 3 is 3.00 bits per heavy atom. The lowest BCUT2D eigenvalue weighted by molar-refractivity contribution is 0.373. The summed E-state index contributed by atoms with van der Waals surface area (Å²) < 4.78 is 17.0. The van der Waals surface area contributed by atoms with Crippen LogP contribution in [0.5, 0.6) is 0 Å². The number of rotatable bonds is 5. The summed E-state index contributed by atoms with van der Waals surface area (Å²) in [6.07, 6.45) is 8.18. The Morgan fingerprint density at radius 2 is 2.30 bits per heavy atom. The highest BCUT2D eigenvalue weighted by molar-refractivity contribution is 7.32. The summed E-state index contributed by atoms with van der Waals surface area (Å²) in [5.74, 6) is 0.358. The van der Waals surface area contributed by atoms with E-state index >= 15 is 0 Å². The molecule has 1 aliphatic rings. The summed E-state index contributed by atoms with van der Waals surface area (Å²) in [6, 6.07) is 0. The van der Waals surface area contributed by atoms with Crippen LogP contribution in [0.1, 0.15) is 12.8 Å². The van der Waals surface area contributed by atoms with Gasteiger partial charge in [0, 0.05) is 12.0 Å². The zero-order chi connectivity index (χ0) is 14.2. The SMILES string of the molecule is Nc1ncnc2c1ncn2CC1(C=CO[PH](=O)O)CC1. The Morgan fingerprint density at radius 1 is 1.50 bits per heavy atom. The van der Waals surface area contributed by atoms with E-state index in [1.54, 1.807) is 6.33 Å². The maximum Gasteiger partial charge on any atom is 0.364 e. The molecule has 0 aliphatic heterocycles. The predicted molar refractivity (Wildman–Crippen MR) is 72.8 cm³/mol. The van der Waals surface area contributed by atoms with Gasteiger partial charge in [0.2, 0.25) is 0 Å². The molecule has 0 radical (unpaired) electrons. The van der Waals surface area contributed by atoms with E-state index < -0.39 is 8.25 Å². The van der Waals surface area contributed by atoms with Crippen molar-refractivity contribution in [3.8, 4) is 0 Å². The first-order chi connectivity index (χ1) is 9.60. The number of hydrogen-bond donors (Lipinski definition) is 2. The van der Waals surface area contributed by atoms with Crippen molar-refractivity contribution in [2.75, 3.05) is 5.73 Å².